The molecule has 0 fully saturated rings. The highest BCUT2D eigenvalue weighted by atomic mass is 16.5. The Balaban J connectivity index is 2.30. The van der Waals surface area contributed by atoms with Crippen molar-refractivity contribution in [3.63, 3.8) is 0 Å². The molecule has 1 unspecified atom stereocenters. The first kappa shape index (κ1) is 12.1. The molecule has 0 amide bonds. The molecule has 0 saturated carbocycles. The van der Waals surface area contributed by atoms with E-state index in [0.29, 0.717) is 5.92 Å². The SMILES string of the molecule is CCCCC(C)COc1cccc(C)c1. The predicted molar refractivity (Wildman–Crippen MR) is 65.4 cm³/mol. The average molecular weight is 206 g/mol. The molecule has 1 aromatic carbocycles. The third-order valence-electron chi connectivity index (χ3n) is 2.57. The number of aryl methyl sites for hydroxylation is 1. The highest BCUT2D eigenvalue weighted by Gasteiger charge is 2.02. The highest BCUT2D eigenvalue weighted by Crippen LogP contribution is 2.15. The largest absolute Gasteiger partial charge is 0.493 e. The van der Waals surface area contributed by atoms with Crippen molar-refractivity contribution in [1.82, 2.24) is 0 Å². The van der Waals surface area contributed by atoms with Gasteiger partial charge in [-0.2, -0.15) is 0 Å². The molecule has 84 valence electrons. The first-order chi connectivity index (χ1) is 7.22. The number of unbranched alkanes of at least 4 members (excludes halogenated alkanes) is 1. The van der Waals surface area contributed by atoms with Crippen molar-refractivity contribution in [2.75, 3.05) is 6.61 Å². The molecule has 0 saturated heterocycles. The zero-order valence-corrected chi connectivity index (χ0v) is 10.1. The maximum atomic E-state index is 5.75. The van der Waals surface area contributed by atoms with Gasteiger partial charge in [0.05, 0.1) is 6.61 Å². The van der Waals surface area contributed by atoms with Gasteiger partial charge in [-0.25, -0.2) is 0 Å². The second-order valence-corrected chi connectivity index (χ2v) is 4.37. The highest BCUT2D eigenvalue weighted by molar-refractivity contribution is 5.27. The minimum Gasteiger partial charge on any atom is -0.493 e. The van der Waals surface area contributed by atoms with Crippen LogP contribution in [0.3, 0.4) is 0 Å². The molecule has 0 aromatic heterocycles. The Morgan fingerprint density at radius 1 is 1.33 bits per heavy atom. The summed E-state index contributed by atoms with van der Waals surface area (Å²) in [6.07, 6.45) is 3.84. The Morgan fingerprint density at radius 3 is 2.80 bits per heavy atom. The summed E-state index contributed by atoms with van der Waals surface area (Å²) in [4.78, 5) is 0. The lowest BCUT2D eigenvalue weighted by Crippen LogP contribution is -2.08. The van der Waals surface area contributed by atoms with E-state index in [0.717, 1.165) is 12.4 Å². The van der Waals surface area contributed by atoms with Crippen LogP contribution in [0.25, 0.3) is 0 Å². The van der Waals surface area contributed by atoms with E-state index >= 15 is 0 Å². The maximum Gasteiger partial charge on any atom is 0.119 e. The van der Waals surface area contributed by atoms with E-state index < -0.39 is 0 Å². The van der Waals surface area contributed by atoms with Gasteiger partial charge in [-0.3, -0.25) is 0 Å². The van der Waals surface area contributed by atoms with Gasteiger partial charge in [0.25, 0.3) is 0 Å². The zero-order chi connectivity index (χ0) is 11.1. The summed E-state index contributed by atoms with van der Waals surface area (Å²) in [6, 6.07) is 8.25. The molecular formula is C14H22O. The summed E-state index contributed by atoms with van der Waals surface area (Å²) in [5.74, 6) is 1.66. The van der Waals surface area contributed by atoms with Crippen molar-refractivity contribution in [3.05, 3.63) is 29.8 Å². The van der Waals surface area contributed by atoms with Crippen LogP contribution in [-0.4, -0.2) is 6.61 Å². The van der Waals surface area contributed by atoms with Gasteiger partial charge >= 0.3 is 0 Å². The fourth-order valence-electron chi connectivity index (χ4n) is 1.58. The smallest absolute Gasteiger partial charge is 0.119 e. The van der Waals surface area contributed by atoms with Crippen LogP contribution in [-0.2, 0) is 0 Å². The van der Waals surface area contributed by atoms with E-state index in [1.807, 2.05) is 12.1 Å². The van der Waals surface area contributed by atoms with Crippen molar-refractivity contribution >= 4 is 0 Å². The van der Waals surface area contributed by atoms with Gasteiger partial charge in [0.15, 0.2) is 0 Å². The number of benzene rings is 1. The first-order valence-electron chi connectivity index (χ1n) is 5.92. The van der Waals surface area contributed by atoms with Crippen molar-refractivity contribution < 1.29 is 4.74 Å². The molecule has 0 radical (unpaired) electrons. The molecule has 0 aliphatic carbocycles. The predicted octanol–water partition coefficient (Wildman–Crippen LogP) is 4.20. The third-order valence-corrected chi connectivity index (χ3v) is 2.57. The zero-order valence-electron chi connectivity index (χ0n) is 10.1. The van der Waals surface area contributed by atoms with Gasteiger partial charge in [0.1, 0.15) is 5.75 Å². The molecule has 1 atom stereocenters. The molecule has 0 bridgehead atoms. The summed E-state index contributed by atoms with van der Waals surface area (Å²) in [5.41, 5.74) is 1.26. The molecule has 1 rings (SSSR count). The van der Waals surface area contributed by atoms with Gasteiger partial charge in [-0.05, 0) is 37.0 Å². The first-order valence-corrected chi connectivity index (χ1v) is 5.92. The third kappa shape index (κ3) is 4.87. The Labute approximate surface area is 93.5 Å². The number of ether oxygens (including phenoxy) is 1. The van der Waals surface area contributed by atoms with Crippen LogP contribution in [0.4, 0.5) is 0 Å². The molecule has 0 N–H and O–H groups in total. The fraction of sp³-hybridized carbons (Fsp3) is 0.571. The van der Waals surface area contributed by atoms with Crippen molar-refractivity contribution in [1.29, 1.82) is 0 Å². The second-order valence-electron chi connectivity index (χ2n) is 4.37. The van der Waals surface area contributed by atoms with Gasteiger partial charge in [-0.1, -0.05) is 38.8 Å². The lowest BCUT2D eigenvalue weighted by atomic mass is 10.1. The minimum atomic E-state index is 0.658. The lowest BCUT2D eigenvalue weighted by Gasteiger charge is -2.12. The van der Waals surface area contributed by atoms with E-state index in [1.165, 1.54) is 24.8 Å². The van der Waals surface area contributed by atoms with Crippen LogP contribution in [0.2, 0.25) is 0 Å². The van der Waals surface area contributed by atoms with E-state index in [1.54, 1.807) is 0 Å². The van der Waals surface area contributed by atoms with Gasteiger partial charge in [-0.15, -0.1) is 0 Å². The van der Waals surface area contributed by atoms with Crippen molar-refractivity contribution in [2.45, 2.75) is 40.0 Å². The average Bonchev–Trinajstić information content (AvgIpc) is 2.23. The summed E-state index contributed by atoms with van der Waals surface area (Å²) < 4.78 is 5.75. The molecule has 0 spiro atoms. The van der Waals surface area contributed by atoms with Gasteiger partial charge in [0, 0.05) is 0 Å². The fourth-order valence-corrected chi connectivity index (χ4v) is 1.58. The summed E-state index contributed by atoms with van der Waals surface area (Å²) in [5, 5.41) is 0. The molecule has 1 nitrogen and oxygen atoms in total. The Hall–Kier alpha value is -0.980. The van der Waals surface area contributed by atoms with Crippen LogP contribution in [0.1, 0.15) is 38.7 Å². The van der Waals surface area contributed by atoms with Crippen LogP contribution in [0, 0.1) is 12.8 Å². The molecule has 0 aliphatic heterocycles. The summed E-state index contributed by atoms with van der Waals surface area (Å²) in [6.45, 7) is 7.41. The molecular weight excluding hydrogens is 184 g/mol. The van der Waals surface area contributed by atoms with Crippen LogP contribution in [0.5, 0.6) is 5.75 Å². The standard InChI is InChI=1S/C14H22O/c1-4-5-7-13(3)11-15-14-9-6-8-12(2)10-14/h6,8-10,13H,4-5,7,11H2,1-3H3. The van der Waals surface area contributed by atoms with Crippen molar-refractivity contribution in [2.24, 2.45) is 5.92 Å². The van der Waals surface area contributed by atoms with E-state index in [9.17, 15) is 0 Å². The van der Waals surface area contributed by atoms with Crippen molar-refractivity contribution in [3.8, 4) is 5.75 Å². The summed E-state index contributed by atoms with van der Waals surface area (Å²) >= 11 is 0. The lowest BCUT2D eigenvalue weighted by molar-refractivity contribution is 0.249. The van der Waals surface area contributed by atoms with Crippen LogP contribution in [0.15, 0.2) is 24.3 Å². The van der Waals surface area contributed by atoms with Gasteiger partial charge in [0.2, 0.25) is 0 Å². The van der Waals surface area contributed by atoms with E-state index in [2.05, 4.69) is 32.9 Å². The second kappa shape index (κ2) is 6.49. The number of hydrogen-bond acceptors (Lipinski definition) is 1. The Kier molecular flexibility index (Phi) is 5.23. The van der Waals surface area contributed by atoms with Gasteiger partial charge < -0.3 is 4.74 Å². The van der Waals surface area contributed by atoms with Crippen LogP contribution >= 0.6 is 0 Å². The number of rotatable bonds is 6. The summed E-state index contributed by atoms with van der Waals surface area (Å²) in [7, 11) is 0. The monoisotopic (exact) mass is 206 g/mol. The quantitative estimate of drug-likeness (QED) is 0.677. The molecule has 0 heterocycles. The molecule has 0 aliphatic rings. The molecule has 1 aromatic rings. The minimum absolute atomic E-state index is 0.658. The Bertz CT molecular complexity index is 280. The molecule has 1 heteroatoms. The normalized spacial score (nSPS) is 12.5. The Morgan fingerprint density at radius 2 is 2.13 bits per heavy atom. The van der Waals surface area contributed by atoms with Crippen LogP contribution < -0.4 is 4.74 Å². The number of hydrogen-bond donors (Lipinski definition) is 0. The van der Waals surface area contributed by atoms with E-state index in [-0.39, 0.29) is 0 Å². The maximum absolute atomic E-state index is 5.75. The molecule has 15 heavy (non-hydrogen) atoms. The van der Waals surface area contributed by atoms with E-state index in [4.69, 9.17) is 4.74 Å². The topological polar surface area (TPSA) is 9.23 Å².